The number of nitrogens with one attached hydrogen (secondary N) is 2. The molecule has 0 aliphatic heterocycles. The highest BCUT2D eigenvalue weighted by Crippen LogP contribution is 2.11. The van der Waals surface area contributed by atoms with E-state index in [1.54, 1.807) is 7.11 Å². The molecular weight excluding hydrogens is 216 g/mol. The van der Waals surface area contributed by atoms with Crippen molar-refractivity contribution >= 4 is 5.96 Å². The van der Waals surface area contributed by atoms with Crippen molar-refractivity contribution in [3.63, 3.8) is 0 Å². The second-order valence-electron chi connectivity index (χ2n) is 3.96. The third-order valence-corrected chi connectivity index (χ3v) is 2.14. The first-order valence-corrected chi connectivity index (χ1v) is 5.56. The van der Waals surface area contributed by atoms with Gasteiger partial charge in [-0.05, 0) is 31.5 Å². The minimum Gasteiger partial charge on any atom is -0.497 e. The van der Waals surface area contributed by atoms with Crippen molar-refractivity contribution in [1.82, 2.24) is 10.7 Å². The fraction of sp³-hybridized carbons (Fsp3) is 0.417. The lowest BCUT2D eigenvalue weighted by Gasteiger charge is -2.11. The van der Waals surface area contributed by atoms with Crippen LogP contribution in [0.5, 0.6) is 5.75 Å². The van der Waals surface area contributed by atoms with Crippen LogP contribution in [0.25, 0.3) is 0 Å². The zero-order valence-electron chi connectivity index (χ0n) is 10.5. The van der Waals surface area contributed by atoms with E-state index in [4.69, 9.17) is 10.6 Å². The molecule has 0 aliphatic rings. The Labute approximate surface area is 102 Å². The molecule has 0 unspecified atom stereocenters. The zero-order chi connectivity index (χ0) is 12.7. The van der Waals surface area contributed by atoms with Crippen LogP contribution in [0.2, 0.25) is 0 Å². The number of hydrazine groups is 1. The van der Waals surface area contributed by atoms with Crippen LogP contribution in [0.15, 0.2) is 29.3 Å². The number of ether oxygens (including phenoxy) is 1. The molecule has 0 aliphatic carbocycles. The van der Waals surface area contributed by atoms with Gasteiger partial charge in [0, 0.05) is 6.04 Å². The Hall–Kier alpha value is -1.75. The van der Waals surface area contributed by atoms with Gasteiger partial charge in [-0.1, -0.05) is 12.1 Å². The number of nitrogens with two attached hydrogens (primary N) is 1. The average molecular weight is 236 g/mol. The summed E-state index contributed by atoms with van der Waals surface area (Å²) in [5, 5.41) is 3.11. The summed E-state index contributed by atoms with van der Waals surface area (Å²) in [6, 6.07) is 8.07. The van der Waals surface area contributed by atoms with Crippen molar-refractivity contribution in [3.8, 4) is 5.75 Å². The van der Waals surface area contributed by atoms with Gasteiger partial charge in [0.05, 0.1) is 13.7 Å². The lowest BCUT2D eigenvalue weighted by molar-refractivity contribution is 0.414. The molecule has 5 heteroatoms. The van der Waals surface area contributed by atoms with Crippen molar-refractivity contribution in [1.29, 1.82) is 0 Å². The molecule has 1 rings (SSSR count). The Morgan fingerprint density at radius 3 is 2.47 bits per heavy atom. The minimum absolute atomic E-state index is 0.292. The Kier molecular flexibility index (Phi) is 5.29. The highest BCUT2D eigenvalue weighted by atomic mass is 16.5. The van der Waals surface area contributed by atoms with Crippen molar-refractivity contribution in [3.05, 3.63) is 29.8 Å². The van der Waals surface area contributed by atoms with E-state index in [0.717, 1.165) is 11.3 Å². The number of rotatable bonds is 4. The molecule has 5 nitrogen and oxygen atoms in total. The Bertz CT molecular complexity index is 359. The summed E-state index contributed by atoms with van der Waals surface area (Å²) in [5.74, 6) is 6.80. The Balaban J connectivity index is 2.60. The molecule has 17 heavy (non-hydrogen) atoms. The number of hydrogen-bond donors (Lipinski definition) is 3. The standard InChI is InChI=1S/C12H20N4O/c1-9(2)15-12(16-13)14-8-10-4-6-11(17-3)7-5-10/h4-7,9H,8,13H2,1-3H3,(H2,14,15,16). The summed E-state index contributed by atoms with van der Waals surface area (Å²) in [6.07, 6.45) is 0. The summed E-state index contributed by atoms with van der Waals surface area (Å²) < 4.78 is 5.09. The predicted octanol–water partition coefficient (Wildman–Crippen LogP) is 1.01. The maximum atomic E-state index is 5.37. The molecule has 0 fully saturated rings. The largest absolute Gasteiger partial charge is 0.497 e. The normalized spacial score (nSPS) is 11.5. The second kappa shape index (κ2) is 6.75. The molecule has 0 heterocycles. The lowest BCUT2D eigenvalue weighted by atomic mass is 10.2. The third kappa shape index (κ3) is 4.74. The molecule has 4 N–H and O–H groups in total. The van der Waals surface area contributed by atoms with E-state index in [9.17, 15) is 0 Å². The van der Waals surface area contributed by atoms with E-state index < -0.39 is 0 Å². The lowest BCUT2D eigenvalue weighted by Crippen LogP contribution is -2.44. The predicted molar refractivity (Wildman–Crippen MR) is 69.7 cm³/mol. The molecule has 1 aromatic rings. The average Bonchev–Trinajstić information content (AvgIpc) is 2.34. The van der Waals surface area contributed by atoms with Crippen LogP contribution in [-0.4, -0.2) is 19.1 Å². The molecule has 0 amide bonds. The van der Waals surface area contributed by atoms with Gasteiger partial charge in [0.2, 0.25) is 5.96 Å². The maximum Gasteiger partial charge on any atom is 0.206 e. The zero-order valence-corrected chi connectivity index (χ0v) is 10.5. The van der Waals surface area contributed by atoms with Gasteiger partial charge in [0.1, 0.15) is 5.75 Å². The molecular formula is C12H20N4O. The summed E-state index contributed by atoms with van der Waals surface area (Å²) in [4.78, 5) is 4.34. The number of nitrogens with zero attached hydrogens (tertiary/aromatic N) is 1. The highest BCUT2D eigenvalue weighted by molar-refractivity contribution is 5.79. The van der Waals surface area contributed by atoms with Gasteiger partial charge in [-0.3, -0.25) is 5.43 Å². The highest BCUT2D eigenvalue weighted by Gasteiger charge is 1.98. The molecule has 0 spiro atoms. The number of methoxy groups -OCH3 is 1. The van der Waals surface area contributed by atoms with Crippen LogP contribution in [-0.2, 0) is 6.54 Å². The summed E-state index contributed by atoms with van der Waals surface area (Å²) in [6.45, 7) is 4.63. The first kappa shape index (κ1) is 13.3. The molecule has 0 aromatic heterocycles. The van der Waals surface area contributed by atoms with Gasteiger partial charge >= 0.3 is 0 Å². The van der Waals surface area contributed by atoms with Gasteiger partial charge < -0.3 is 10.1 Å². The summed E-state index contributed by atoms with van der Waals surface area (Å²) in [5.41, 5.74) is 3.64. The minimum atomic E-state index is 0.292. The van der Waals surface area contributed by atoms with E-state index in [-0.39, 0.29) is 0 Å². The summed E-state index contributed by atoms with van der Waals surface area (Å²) >= 11 is 0. The van der Waals surface area contributed by atoms with E-state index in [1.807, 2.05) is 38.1 Å². The van der Waals surface area contributed by atoms with Gasteiger partial charge in [-0.2, -0.15) is 0 Å². The fourth-order valence-corrected chi connectivity index (χ4v) is 1.31. The van der Waals surface area contributed by atoms with Crippen LogP contribution in [0.3, 0.4) is 0 Å². The first-order valence-electron chi connectivity index (χ1n) is 5.56. The van der Waals surface area contributed by atoms with Crippen LogP contribution in [0, 0.1) is 0 Å². The van der Waals surface area contributed by atoms with Crippen molar-refractivity contribution in [2.24, 2.45) is 10.8 Å². The van der Waals surface area contributed by atoms with Gasteiger partial charge in [-0.25, -0.2) is 10.8 Å². The topological polar surface area (TPSA) is 71.7 Å². The number of benzene rings is 1. The van der Waals surface area contributed by atoms with Crippen LogP contribution < -0.4 is 21.3 Å². The fourth-order valence-electron chi connectivity index (χ4n) is 1.31. The van der Waals surface area contributed by atoms with Gasteiger partial charge in [0.25, 0.3) is 0 Å². The number of hydrogen-bond acceptors (Lipinski definition) is 3. The molecule has 0 atom stereocenters. The molecule has 0 saturated heterocycles. The van der Waals surface area contributed by atoms with E-state index in [2.05, 4.69) is 15.7 Å². The SMILES string of the molecule is COc1ccc(CN=C(NN)NC(C)C)cc1. The Morgan fingerprint density at radius 2 is 2.00 bits per heavy atom. The quantitative estimate of drug-likeness (QED) is 0.316. The second-order valence-corrected chi connectivity index (χ2v) is 3.96. The van der Waals surface area contributed by atoms with Crippen molar-refractivity contribution < 1.29 is 4.74 Å². The van der Waals surface area contributed by atoms with Gasteiger partial charge in [0.15, 0.2) is 0 Å². The van der Waals surface area contributed by atoms with E-state index in [1.165, 1.54) is 0 Å². The number of aliphatic imine (C=N–C) groups is 1. The maximum absolute atomic E-state index is 5.37. The van der Waals surface area contributed by atoms with Crippen LogP contribution >= 0.6 is 0 Å². The smallest absolute Gasteiger partial charge is 0.206 e. The molecule has 1 aromatic carbocycles. The molecule has 94 valence electrons. The Morgan fingerprint density at radius 1 is 1.35 bits per heavy atom. The third-order valence-electron chi connectivity index (χ3n) is 2.14. The van der Waals surface area contributed by atoms with Gasteiger partial charge in [-0.15, -0.1) is 0 Å². The first-order chi connectivity index (χ1) is 8.15. The monoisotopic (exact) mass is 236 g/mol. The molecule has 0 saturated carbocycles. The van der Waals surface area contributed by atoms with Crippen molar-refractivity contribution in [2.45, 2.75) is 26.4 Å². The van der Waals surface area contributed by atoms with E-state index >= 15 is 0 Å². The van der Waals surface area contributed by atoms with Crippen molar-refractivity contribution in [2.75, 3.05) is 7.11 Å². The van der Waals surface area contributed by atoms with Crippen LogP contribution in [0.1, 0.15) is 19.4 Å². The van der Waals surface area contributed by atoms with Crippen LogP contribution in [0.4, 0.5) is 0 Å². The molecule has 0 radical (unpaired) electrons. The van der Waals surface area contributed by atoms with E-state index in [0.29, 0.717) is 18.5 Å². The summed E-state index contributed by atoms with van der Waals surface area (Å²) in [7, 11) is 1.65. The molecule has 0 bridgehead atoms. The number of guanidine groups is 1.